The van der Waals surface area contributed by atoms with Gasteiger partial charge in [0.05, 0.1) is 18.6 Å². The zero-order valence-electron chi connectivity index (χ0n) is 14.6. The lowest BCUT2D eigenvalue weighted by Crippen LogP contribution is -2.19. The van der Waals surface area contributed by atoms with Gasteiger partial charge >= 0.3 is 6.36 Å². The molecule has 0 radical (unpaired) electrons. The molecule has 28 heavy (non-hydrogen) atoms. The van der Waals surface area contributed by atoms with E-state index in [-0.39, 0.29) is 11.7 Å². The lowest BCUT2D eigenvalue weighted by Gasteiger charge is -2.08. The van der Waals surface area contributed by atoms with Crippen molar-refractivity contribution in [2.45, 2.75) is 12.9 Å². The molecule has 0 saturated carbocycles. The fraction of sp³-hybridized carbons (Fsp3) is 0.158. The Labute approximate surface area is 163 Å². The van der Waals surface area contributed by atoms with Crippen LogP contribution in [0.1, 0.15) is 11.1 Å². The minimum Gasteiger partial charge on any atom is -0.497 e. The third-order valence-electron chi connectivity index (χ3n) is 3.60. The Kier molecular flexibility index (Phi) is 5.93. The third kappa shape index (κ3) is 5.53. The Morgan fingerprint density at radius 2 is 1.89 bits per heavy atom. The van der Waals surface area contributed by atoms with Crippen molar-refractivity contribution in [1.29, 1.82) is 0 Å². The standard InChI is InChI=1S/C19H15F3N2O3S/c1-26-15-4-2-3-13(9-15)11-23-18-24-17(25)16(28-18)10-12-5-7-14(8-6-12)27-19(20,21)22/h2-10H,11H2,1H3,(H,23,24,25)/b16-10+. The predicted octanol–water partition coefficient (Wildman–Crippen LogP) is 4.35. The van der Waals surface area contributed by atoms with E-state index in [0.717, 1.165) is 23.1 Å². The van der Waals surface area contributed by atoms with Gasteiger partial charge in [0.1, 0.15) is 11.5 Å². The van der Waals surface area contributed by atoms with E-state index in [4.69, 9.17) is 4.74 Å². The number of methoxy groups -OCH3 is 1. The SMILES string of the molecule is COc1cccc(CN=C2NC(=O)/C(=C\c3ccc(OC(F)(F)F)cc3)S2)c1. The molecule has 3 rings (SSSR count). The number of alkyl halides is 3. The summed E-state index contributed by atoms with van der Waals surface area (Å²) in [6.45, 7) is 0.372. The van der Waals surface area contributed by atoms with Gasteiger partial charge in [0, 0.05) is 0 Å². The highest BCUT2D eigenvalue weighted by Gasteiger charge is 2.31. The van der Waals surface area contributed by atoms with E-state index in [0.29, 0.717) is 22.2 Å². The van der Waals surface area contributed by atoms with Gasteiger partial charge in [0.15, 0.2) is 5.17 Å². The number of nitrogens with one attached hydrogen (secondary N) is 1. The first-order valence-electron chi connectivity index (χ1n) is 8.06. The van der Waals surface area contributed by atoms with Gasteiger partial charge in [-0.1, -0.05) is 24.3 Å². The number of carbonyl (C=O) groups is 1. The molecule has 0 aliphatic carbocycles. The van der Waals surface area contributed by atoms with E-state index in [9.17, 15) is 18.0 Å². The van der Waals surface area contributed by atoms with E-state index in [1.54, 1.807) is 13.2 Å². The molecule has 1 fully saturated rings. The fourth-order valence-electron chi connectivity index (χ4n) is 2.35. The molecule has 2 aromatic rings. The first-order chi connectivity index (χ1) is 13.3. The molecular formula is C19H15F3N2O3S. The molecular weight excluding hydrogens is 393 g/mol. The lowest BCUT2D eigenvalue weighted by molar-refractivity contribution is -0.274. The lowest BCUT2D eigenvalue weighted by atomic mass is 10.2. The summed E-state index contributed by atoms with van der Waals surface area (Å²) in [6.07, 6.45) is -3.17. The molecule has 1 aliphatic rings. The Bertz CT molecular complexity index is 925. The van der Waals surface area contributed by atoms with E-state index >= 15 is 0 Å². The Morgan fingerprint density at radius 3 is 2.57 bits per heavy atom. The maximum Gasteiger partial charge on any atom is 0.573 e. The molecule has 0 atom stereocenters. The van der Waals surface area contributed by atoms with Crippen molar-refractivity contribution in [3.05, 3.63) is 64.6 Å². The number of hydrogen-bond donors (Lipinski definition) is 1. The van der Waals surface area contributed by atoms with Gasteiger partial charge < -0.3 is 14.8 Å². The van der Waals surface area contributed by atoms with Gasteiger partial charge in [0.25, 0.3) is 5.91 Å². The van der Waals surface area contributed by atoms with Crippen LogP contribution in [0.2, 0.25) is 0 Å². The third-order valence-corrected chi connectivity index (χ3v) is 4.55. The fourth-order valence-corrected chi connectivity index (χ4v) is 3.17. The van der Waals surface area contributed by atoms with Crippen molar-refractivity contribution in [1.82, 2.24) is 5.32 Å². The van der Waals surface area contributed by atoms with Crippen LogP contribution in [-0.4, -0.2) is 24.5 Å². The number of nitrogens with zero attached hydrogens (tertiary/aromatic N) is 1. The maximum absolute atomic E-state index is 12.2. The van der Waals surface area contributed by atoms with Gasteiger partial charge in [-0.05, 0) is 53.2 Å². The molecule has 1 heterocycles. The molecule has 1 aliphatic heterocycles. The molecule has 146 valence electrons. The maximum atomic E-state index is 12.2. The number of thioether (sulfide) groups is 1. The van der Waals surface area contributed by atoms with E-state index < -0.39 is 6.36 Å². The molecule has 5 nitrogen and oxygen atoms in total. The summed E-state index contributed by atoms with van der Waals surface area (Å²) in [6, 6.07) is 12.7. The van der Waals surface area contributed by atoms with E-state index in [2.05, 4.69) is 15.0 Å². The number of amidine groups is 1. The van der Waals surface area contributed by atoms with Gasteiger partial charge in [-0.2, -0.15) is 0 Å². The quantitative estimate of drug-likeness (QED) is 0.747. The second-order valence-corrected chi connectivity index (χ2v) is 6.69. The van der Waals surface area contributed by atoms with Crippen molar-refractivity contribution < 1.29 is 27.4 Å². The van der Waals surface area contributed by atoms with Crippen LogP contribution in [-0.2, 0) is 11.3 Å². The number of amides is 1. The van der Waals surface area contributed by atoms with Crippen molar-refractivity contribution in [3.8, 4) is 11.5 Å². The molecule has 0 spiro atoms. The average molecular weight is 408 g/mol. The van der Waals surface area contributed by atoms with Gasteiger partial charge in [-0.15, -0.1) is 13.2 Å². The molecule has 0 bridgehead atoms. The summed E-state index contributed by atoms with van der Waals surface area (Å²) < 4.78 is 45.6. The molecule has 1 N–H and O–H groups in total. The number of rotatable bonds is 5. The first kappa shape index (κ1) is 19.8. The molecule has 1 amide bonds. The van der Waals surface area contributed by atoms with Crippen LogP contribution in [0.25, 0.3) is 6.08 Å². The molecule has 0 unspecified atom stereocenters. The Hall–Kier alpha value is -2.94. The number of aliphatic imine (C=N–C) groups is 1. The van der Waals surface area contributed by atoms with Crippen LogP contribution in [0.15, 0.2) is 58.4 Å². The molecule has 9 heteroatoms. The van der Waals surface area contributed by atoms with Crippen LogP contribution in [0.3, 0.4) is 0 Å². The van der Waals surface area contributed by atoms with Crippen molar-refractivity contribution in [2.24, 2.45) is 4.99 Å². The zero-order chi connectivity index (χ0) is 20.1. The van der Waals surface area contributed by atoms with E-state index in [1.165, 1.54) is 24.3 Å². The van der Waals surface area contributed by atoms with Gasteiger partial charge in [-0.25, -0.2) is 0 Å². The smallest absolute Gasteiger partial charge is 0.497 e. The second-order valence-electron chi connectivity index (χ2n) is 5.65. The molecule has 1 saturated heterocycles. The van der Waals surface area contributed by atoms with Crippen LogP contribution >= 0.6 is 11.8 Å². The number of hydrogen-bond acceptors (Lipinski definition) is 5. The highest BCUT2D eigenvalue weighted by molar-refractivity contribution is 8.18. The van der Waals surface area contributed by atoms with Gasteiger partial charge in [0.2, 0.25) is 0 Å². The zero-order valence-corrected chi connectivity index (χ0v) is 15.4. The summed E-state index contributed by atoms with van der Waals surface area (Å²) in [5, 5.41) is 3.12. The monoisotopic (exact) mass is 408 g/mol. The number of benzene rings is 2. The topological polar surface area (TPSA) is 59.9 Å². The molecule has 0 aromatic heterocycles. The minimum absolute atomic E-state index is 0.315. The van der Waals surface area contributed by atoms with E-state index in [1.807, 2.05) is 24.3 Å². The highest BCUT2D eigenvalue weighted by atomic mass is 32.2. The summed E-state index contributed by atoms with van der Waals surface area (Å²) in [5.41, 5.74) is 1.50. The van der Waals surface area contributed by atoms with Crippen LogP contribution in [0.4, 0.5) is 13.2 Å². The summed E-state index contributed by atoms with van der Waals surface area (Å²) in [4.78, 5) is 16.8. The van der Waals surface area contributed by atoms with Crippen LogP contribution < -0.4 is 14.8 Å². The summed E-state index contributed by atoms with van der Waals surface area (Å²) in [7, 11) is 1.58. The normalized spacial score (nSPS) is 17.1. The number of carbonyl (C=O) groups excluding carboxylic acids is 1. The number of ether oxygens (including phenoxy) is 2. The predicted molar refractivity (Wildman–Crippen MR) is 101 cm³/mol. The van der Waals surface area contributed by atoms with Crippen molar-refractivity contribution in [2.75, 3.05) is 7.11 Å². The van der Waals surface area contributed by atoms with Crippen LogP contribution in [0.5, 0.6) is 11.5 Å². The van der Waals surface area contributed by atoms with Crippen molar-refractivity contribution in [3.63, 3.8) is 0 Å². The largest absolute Gasteiger partial charge is 0.573 e. The second kappa shape index (κ2) is 8.39. The number of halogens is 3. The van der Waals surface area contributed by atoms with Gasteiger partial charge in [-0.3, -0.25) is 9.79 Å². The van der Waals surface area contributed by atoms with Crippen LogP contribution in [0, 0.1) is 0 Å². The van der Waals surface area contributed by atoms with Crippen molar-refractivity contribution >= 4 is 28.9 Å². The summed E-state index contributed by atoms with van der Waals surface area (Å²) >= 11 is 1.16. The summed E-state index contributed by atoms with van der Waals surface area (Å²) in [5.74, 6) is 0.0862. The first-order valence-corrected chi connectivity index (χ1v) is 8.88. The Balaban J connectivity index is 1.66. The Morgan fingerprint density at radius 1 is 1.14 bits per heavy atom. The highest BCUT2D eigenvalue weighted by Crippen LogP contribution is 2.28. The molecule has 2 aromatic carbocycles. The average Bonchev–Trinajstić information content (AvgIpc) is 3.00. The minimum atomic E-state index is -4.74.